The largest absolute Gasteiger partial charge is 0.494 e. The number of rotatable bonds is 29. The van der Waals surface area contributed by atoms with Gasteiger partial charge in [0.25, 0.3) is 0 Å². The molecule has 72 heavy (non-hydrogen) atoms. The number of carboxylic acid groups (broad SMARTS) is 1. The molecule has 0 radical (unpaired) electrons. The highest BCUT2D eigenvalue weighted by atomic mass is 32.1. The van der Waals surface area contributed by atoms with Crippen molar-refractivity contribution in [3.8, 4) is 49.0 Å². The molecule has 0 aliphatic heterocycles. The normalized spacial score (nSPS) is 12.7. The van der Waals surface area contributed by atoms with Gasteiger partial charge in [0.05, 0.1) is 29.8 Å². The molecule has 0 fully saturated rings. The predicted octanol–water partition coefficient (Wildman–Crippen LogP) is 18.1. The van der Waals surface area contributed by atoms with E-state index in [0.29, 0.717) is 13.2 Å². The highest BCUT2D eigenvalue weighted by Gasteiger charge is 2.45. The van der Waals surface area contributed by atoms with Crippen molar-refractivity contribution in [1.29, 1.82) is 5.26 Å². The van der Waals surface area contributed by atoms with E-state index in [2.05, 4.69) is 118 Å². The minimum absolute atomic E-state index is 0.206. The lowest BCUT2D eigenvalue weighted by Gasteiger charge is -2.31. The van der Waals surface area contributed by atoms with Crippen molar-refractivity contribution in [2.75, 3.05) is 18.1 Å². The molecule has 0 saturated carbocycles. The minimum Gasteiger partial charge on any atom is -0.494 e. The summed E-state index contributed by atoms with van der Waals surface area (Å²) in [4.78, 5) is 23.7. The van der Waals surface area contributed by atoms with Gasteiger partial charge in [0.2, 0.25) is 0 Å². The van der Waals surface area contributed by atoms with Gasteiger partial charge in [-0.1, -0.05) is 130 Å². The van der Waals surface area contributed by atoms with Crippen molar-refractivity contribution in [1.82, 2.24) is 13.7 Å². The molecule has 7 aromatic rings. The van der Waals surface area contributed by atoms with Gasteiger partial charge in [0.1, 0.15) is 39.9 Å². The number of nitrogens with zero attached hydrogens (tertiary/aromatic N) is 5. The van der Waals surface area contributed by atoms with Gasteiger partial charge < -0.3 is 19.5 Å². The zero-order valence-corrected chi connectivity index (χ0v) is 45.0. The SMILES string of the molecule is CCCCCCOc1ccc(N(c2ccc(OCCCCCC)cc2)c2ccc(-c3cnc(-c4cc5c(s4)-c4sc(/C=C(/C#N)C(=O)O)cc4C5(CCCCCC)CCCCCC)c4nsnc34)cc2)cc1. The van der Waals surface area contributed by atoms with Crippen molar-refractivity contribution in [2.45, 2.75) is 149 Å². The molecule has 0 amide bonds. The number of benzene rings is 3. The lowest BCUT2D eigenvalue weighted by Crippen LogP contribution is -2.25. The molecule has 4 heterocycles. The van der Waals surface area contributed by atoms with Crippen molar-refractivity contribution < 1.29 is 19.4 Å². The fourth-order valence-corrected chi connectivity index (χ4v) is 13.2. The summed E-state index contributed by atoms with van der Waals surface area (Å²) in [5.74, 6) is 0.539. The number of thiophene rings is 2. The Morgan fingerprint density at radius 1 is 0.653 bits per heavy atom. The molecule has 12 heteroatoms. The van der Waals surface area contributed by atoms with E-state index in [9.17, 15) is 15.2 Å². The zero-order valence-electron chi connectivity index (χ0n) is 42.5. The Balaban J connectivity index is 1.11. The van der Waals surface area contributed by atoms with Gasteiger partial charge in [-0.15, -0.1) is 22.7 Å². The van der Waals surface area contributed by atoms with Crippen LogP contribution in [0.2, 0.25) is 0 Å². The monoisotopic (exact) mass is 1020 g/mol. The number of aromatic nitrogens is 3. The molecule has 1 aliphatic carbocycles. The molecule has 0 spiro atoms. The van der Waals surface area contributed by atoms with Crippen LogP contribution in [0.1, 0.15) is 159 Å². The number of hydrogen-bond donors (Lipinski definition) is 1. The molecule has 0 atom stereocenters. The van der Waals surface area contributed by atoms with Gasteiger partial charge in [-0.3, -0.25) is 4.98 Å². The zero-order chi connectivity index (χ0) is 50.3. The van der Waals surface area contributed by atoms with Crippen LogP contribution in [0.3, 0.4) is 0 Å². The van der Waals surface area contributed by atoms with Gasteiger partial charge >= 0.3 is 5.97 Å². The second-order valence-corrected chi connectivity index (χ2v) is 21.8. The number of unbranched alkanes of at least 4 members (excludes halogenated alkanes) is 12. The molecular weight excluding hydrogens is 951 g/mol. The van der Waals surface area contributed by atoms with Crippen LogP contribution < -0.4 is 14.4 Å². The number of fused-ring (bicyclic) bond motifs is 4. The van der Waals surface area contributed by atoms with E-state index in [1.165, 1.54) is 96.8 Å². The van der Waals surface area contributed by atoms with Gasteiger partial charge in [-0.25, -0.2) is 4.79 Å². The molecule has 0 saturated heterocycles. The van der Waals surface area contributed by atoms with Crippen LogP contribution in [0.25, 0.3) is 48.6 Å². The third kappa shape index (κ3) is 12.1. The number of anilines is 3. The highest BCUT2D eigenvalue weighted by molar-refractivity contribution is 7.24. The van der Waals surface area contributed by atoms with E-state index in [1.807, 2.05) is 12.3 Å². The molecule has 1 aliphatic rings. The van der Waals surface area contributed by atoms with E-state index in [0.717, 1.165) is 118 Å². The first-order chi connectivity index (χ1) is 35.3. The first-order valence-corrected chi connectivity index (χ1v) is 28.8. The van der Waals surface area contributed by atoms with Crippen LogP contribution in [0.5, 0.6) is 11.5 Å². The van der Waals surface area contributed by atoms with Gasteiger partial charge in [0, 0.05) is 48.9 Å². The summed E-state index contributed by atoms with van der Waals surface area (Å²) in [6, 6.07) is 31.8. The molecule has 0 unspecified atom stereocenters. The van der Waals surface area contributed by atoms with E-state index in [1.54, 1.807) is 28.7 Å². The average molecular weight is 1020 g/mol. The standard InChI is InChI=1S/C60H69N5O4S3/c1-5-9-13-17-33-60(34-18-14-10-6-2)51-38-49(37-43(40-61)59(66)67)70-57(51)58-52(60)39-53(71-58)55-56-54(63-72-64-56)50(41-62-55)42-21-23-44(24-22-42)65(45-25-29-47(30-26-45)68-35-19-15-11-7-3)46-27-31-48(32-28-46)69-36-20-16-12-8-4/h21-32,37-39,41H,5-20,33-36H2,1-4H3,(H,66,67)/b43-37-. The smallest absolute Gasteiger partial charge is 0.346 e. The van der Waals surface area contributed by atoms with E-state index in [-0.39, 0.29) is 11.0 Å². The number of carbonyl (C=O) groups is 1. The third-order valence-electron chi connectivity index (χ3n) is 14.0. The second-order valence-electron chi connectivity index (χ2n) is 19.1. The summed E-state index contributed by atoms with van der Waals surface area (Å²) in [6.07, 6.45) is 24.1. The number of hydrogen-bond acceptors (Lipinski definition) is 11. The molecule has 376 valence electrons. The number of aliphatic carboxylic acids is 1. The van der Waals surface area contributed by atoms with Crippen molar-refractivity contribution in [3.05, 3.63) is 113 Å². The Morgan fingerprint density at radius 3 is 1.68 bits per heavy atom. The summed E-state index contributed by atoms with van der Waals surface area (Å²) in [7, 11) is 0. The number of pyridine rings is 1. The fourth-order valence-electron chi connectivity index (χ4n) is 10.1. The second kappa shape index (κ2) is 25.7. The summed E-state index contributed by atoms with van der Waals surface area (Å²) >= 11 is 4.56. The maximum absolute atomic E-state index is 11.9. The topological polar surface area (TPSA) is 121 Å². The Hall–Kier alpha value is -5.87. The molecule has 4 aromatic heterocycles. The summed E-state index contributed by atoms with van der Waals surface area (Å²) in [6.45, 7) is 10.4. The Bertz CT molecular complexity index is 2860. The quantitative estimate of drug-likeness (QED) is 0.0278. The maximum atomic E-state index is 11.9. The third-order valence-corrected chi connectivity index (χ3v) is 16.9. The van der Waals surface area contributed by atoms with Crippen LogP contribution >= 0.6 is 34.4 Å². The summed E-state index contributed by atoms with van der Waals surface area (Å²) in [5.41, 5.74) is 9.60. The van der Waals surface area contributed by atoms with E-state index in [4.69, 9.17) is 23.2 Å². The van der Waals surface area contributed by atoms with E-state index >= 15 is 0 Å². The number of ether oxygens (including phenoxy) is 2. The Morgan fingerprint density at radius 2 is 1.15 bits per heavy atom. The van der Waals surface area contributed by atoms with Crippen molar-refractivity contribution in [3.63, 3.8) is 0 Å². The molecule has 1 N–H and O–H groups in total. The predicted molar refractivity (Wildman–Crippen MR) is 301 cm³/mol. The first-order valence-electron chi connectivity index (χ1n) is 26.4. The van der Waals surface area contributed by atoms with Crippen molar-refractivity contribution >= 4 is 74.5 Å². The molecule has 8 rings (SSSR count). The van der Waals surface area contributed by atoms with Crippen LogP contribution in [-0.2, 0) is 10.2 Å². The maximum Gasteiger partial charge on any atom is 0.346 e. The minimum atomic E-state index is -1.20. The Labute approximate surface area is 438 Å². The molecular formula is C60H69N5O4S3. The van der Waals surface area contributed by atoms with Crippen LogP contribution in [0.15, 0.2) is 96.7 Å². The van der Waals surface area contributed by atoms with E-state index < -0.39 is 5.97 Å². The Kier molecular flexibility index (Phi) is 18.7. The van der Waals surface area contributed by atoms with Gasteiger partial charge in [0.15, 0.2) is 0 Å². The van der Waals surface area contributed by atoms with Crippen LogP contribution in [0.4, 0.5) is 17.1 Å². The molecule has 3 aromatic carbocycles. The fraction of sp³-hybridized carbons (Fsp3) is 0.417. The molecule has 9 nitrogen and oxygen atoms in total. The summed E-state index contributed by atoms with van der Waals surface area (Å²) < 4.78 is 22.1. The van der Waals surface area contributed by atoms with Gasteiger partial charge in [-0.2, -0.15) is 14.0 Å². The first kappa shape index (κ1) is 52.5. The highest BCUT2D eigenvalue weighted by Crippen LogP contribution is 2.61. The average Bonchev–Trinajstić information content (AvgIpc) is 4.21. The lowest BCUT2D eigenvalue weighted by molar-refractivity contribution is -0.132. The number of carboxylic acids is 1. The van der Waals surface area contributed by atoms with Gasteiger partial charge in [-0.05, 0) is 121 Å². The van der Waals surface area contributed by atoms with Crippen LogP contribution in [-0.4, -0.2) is 38.0 Å². The van der Waals surface area contributed by atoms with Crippen LogP contribution in [0, 0.1) is 11.3 Å². The summed E-state index contributed by atoms with van der Waals surface area (Å²) in [5, 5.41) is 19.4. The van der Waals surface area contributed by atoms with Crippen molar-refractivity contribution in [2.24, 2.45) is 0 Å². The molecule has 0 bridgehead atoms. The lowest BCUT2D eigenvalue weighted by atomic mass is 9.71. The number of nitriles is 1.